The van der Waals surface area contributed by atoms with Crippen LogP contribution in [0.25, 0.3) is 28.0 Å². The molecule has 0 aromatic carbocycles. The molecule has 5 rings (SSSR count). The summed E-state index contributed by atoms with van der Waals surface area (Å²) in [4.78, 5) is 11.7. The van der Waals surface area contributed by atoms with Crippen molar-refractivity contribution in [2.75, 3.05) is 18.0 Å². The van der Waals surface area contributed by atoms with Crippen LogP contribution in [0.4, 0.5) is 5.82 Å². The van der Waals surface area contributed by atoms with E-state index in [0.717, 1.165) is 48.6 Å². The van der Waals surface area contributed by atoms with Gasteiger partial charge in [0.2, 0.25) is 0 Å². The van der Waals surface area contributed by atoms with Gasteiger partial charge >= 0.3 is 0 Å². The van der Waals surface area contributed by atoms with Crippen molar-refractivity contribution in [3.8, 4) is 28.6 Å². The number of nitrogens with two attached hydrogens (primary N) is 1. The van der Waals surface area contributed by atoms with Gasteiger partial charge in [0.1, 0.15) is 23.0 Å². The van der Waals surface area contributed by atoms with E-state index in [0.29, 0.717) is 16.8 Å². The lowest BCUT2D eigenvalue weighted by atomic mass is 10.1. The van der Waals surface area contributed by atoms with E-state index in [-0.39, 0.29) is 6.04 Å². The molecule has 9 nitrogen and oxygen atoms in total. The Morgan fingerprint density at radius 3 is 2.73 bits per heavy atom. The number of nitriles is 1. The van der Waals surface area contributed by atoms with Crippen LogP contribution in [0, 0.1) is 11.3 Å². The predicted octanol–water partition coefficient (Wildman–Crippen LogP) is 1.99. The molecule has 0 aliphatic carbocycles. The van der Waals surface area contributed by atoms with Crippen LogP contribution in [0.1, 0.15) is 18.4 Å². The number of anilines is 1. The van der Waals surface area contributed by atoms with E-state index in [2.05, 4.69) is 26.2 Å². The number of rotatable bonds is 3. The fraction of sp³-hybridized carbons (Fsp3) is 0.286. The summed E-state index contributed by atoms with van der Waals surface area (Å²) in [5.41, 5.74) is 10.3. The molecule has 4 aromatic heterocycles. The maximum atomic E-state index is 9.55. The van der Waals surface area contributed by atoms with E-state index in [1.165, 1.54) is 0 Å². The second kappa shape index (κ2) is 7.24. The number of hydrogen-bond acceptors (Lipinski definition) is 7. The Labute approximate surface area is 173 Å². The largest absolute Gasteiger partial charge is 0.355 e. The highest BCUT2D eigenvalue weighted by Crippen LogP contribution is 2.29. The van der Waals surface area contributed by atoms with Crippen molar-refractivity contribution >= 4 is 11.3 Å². The van der Waals surface area contributed by atoms with Gasteiger partial charge in [0, 0.05) is 49.7 Å². The number of pyridine rings is 1. The Bertz CT molecular complexity index is 1250. The third kappa shape index (κ3) is 3.17. The van der Waals surface area contributed by atoms with Crippen LogP contribution in [0.15, 0.2) is 43.1 Å². The molecule has 1 aliphatic heterocycles. The number of aryl methyl sites for hydroxylation is 1. The normalized spacial score (nSPS) is 16.7. The van der Waals surface area contributed by atoms with Gasteiger partial charge in [-0.05, 0) is 25.0 Å². The minimum absolute atomic E-state index is 0.183. The molecule has 9 heteroatoms. The number of nitrogens with zero attached hydrogens (tertiary/aromatic N) is 8. The Balaban J connectivity index is 1.60. The molecule has 1 saturated heterocycles. The third-order valence-corrected chi connectivity index (χ3v) is 5.42. The van der Waals surface area contributed by atoms with Crippen molar-refractivity contribution < 1.29 is 0 Å². The molecule has 1 atom stereocenters. The molecular formula is C21H21N9. The Hall–Kier alpha value is -3.77. The third-order valence-electron chi connectivity index (χ3n) is 5.42. The summed E-state index contributed by atoms with van der Waals surface area (Å²) in [5, 5.41) is 18.1. The minimum atomic E-state index is 0.183. The van der Waals surface area contributed by atoms with Gasteiger partial charge in [0.15, 0.2) is 0 Å². The van der Waals surface area contributed by atoms with Gasteiger partial charge in [-0.25, -0.2) is 14.5 Å². The van der Waals surface area contributed by atoms with Crippen LogP contribution in [0.2, 0.25) is 0 Å². The van der Waals surface area contributed by atoms with Crippen LogP contribution < -0.4 is 10.6 Å². The summed E-state index contributed by atoms with van der Waals surface area (Å²) in [6.45, 7) is 1.77. The van der Waals surface area contributed by atoms with Crippen LogP contribution in [0.3, 0.4) is 0 Å². The van der Waals surface area contributed by atoms with E-state index in [4.69, 9.17) is 10.7 Å². The molecule has 1 aliphatic rings. The molecule has 0 saturated carbocycles. The molecule has 5 heterocycles. The Kier molecular flexibility index (Phi) is 4.41. The summed E-state index contributed by atoms with van der Waals surface area (Å²) >= 11 is 0. The first-order valence-corrected chi connectivity index (χ1v) is 9.87. The van der Waals surface area contributed by atoms with Crippen LogP contribution in [-0.4, -0.2) is 48.5 Å². The van der Waals surface area contributed by atoms with Gasteiger partial charge < -0.3 is 10.6 Å². The molecule has 1 fully saturated rings. The predicted molar refractivity (Wildman–Crippen MR) is 113 cm³/mol. The molecule has 30 heavy (non-hydrogen) atoms. The molecule has 0 spiro atoms. The second-order valence-electron chi connectivity index (χ2n) is 7.59. The summed E-state index contributed by atoms with van der Waals surface area (Å²) in [7, 11) is 1.86. The Morgan fingerprint density at radius 1 is 1.13 bits per heavy atom. The smallest absolute Gasteiger partial charge is 0.128 e. The highest BCUT2D eigenvalue weighted by molar-refractivity contribution is 5.83. The lowest BCUT2D eigenvalue weighted by molar-refractivity contribution is 0.503. The Morgan fingerprint density at radius 2 is 2.03 bits per heavy atom. The maximum Gasteiger partial charge on any atom is 0.128 e. The van der Waals surface area contributed by atoms with Crippen LogP contribution in [0.5, 0.6) is 0 Å². The van der Waals surface area contributed by atoms with Crippen molar-refractivity contribution in [1.29, 1.82) is 5.26 Å². The fourth-order valence-electron chi connectivity index (χ4n) is 3.92. The van der Waals surface area contributed by atoms with Crippen molar-refractivity contribution in [2.24, 2.45) is 12.8 Å². The lowest BCUT2D eigenvalue weighted by Gasteiger charge is -2.31. The van der Waals surface area contributed by atoms with Gasteiger partial charge in [-0.1, -0.05) is 0 Å². The van der Waals surface area contributed by atoms with Crippen molar-refractivity contribution in [3.05, 3.63) is 48.7 Å². The molecule has 4 aromatic rings. The van der Waals surface area contributed by atoms with Crippen molar-refractivity contribution in [1.82, 2.24) is 29.4 Å². The number of piperidine rings is 1. The van der Waals surface area contributed by atoms with E-state index in [9.17, 15) is 5.26 Å². The van der Waals surface area contributed by atoms with Crippen molar-refractivity contribution in [2.45, 2.75) is 18.9 Å². The minimum Gasteiger partial charge on any atom is -0.355 e. The van der Waals surface area contributed by atoms with E-state index in [1.54, 1.807) is 27.8 Å². The lowest BCUT2D eigenvalue weighted by Crippen LogP contribution is -2.43. The first-order valence-electron chi connectivity index (χ1n) is 9.87. The monoisotopic (exact) mass is 399 g/mol. The zero-order chi connectivity index (χ0) is 20.7. The van der Waals surface area contributed by atoms with Crippen molar-refractivity contribution in [3.63, 3.8) is 0 Å². The van der Waals surface area contributed by atoms with Crippen LogP contribution >= 0.6 is 0 Å². The summed E-state index contributed by atoms with van der Waals surface area (Å²) in [6, 6.07) is 6.37. The molecule has 0 bridgehead atoms. The first kappa shape index (κ1) is 18.3. The average molecular weight is 399 g/mol. The van der Waals surface area contributed by atoms with E-state index in [1.807, 2.05) is 31.6 Å². The number of fused-ring (bicyclic) bond motifs is 1. The first-order chi connectivity index (χ1) is 14.6. The van der Waals surface area contributed by atoms with Gasteiger partial charge in [-0.15, -0.1) is 0 Å². The zero-order valence-corrected chi connectivity index (χ0v) is 16.6. The van der Waals surface area contributed by atoms with Gasteiger partial charge in [0.25, 0.3) is 0 Å². The second-order valence-corrected chi connectivity index (χ2v) is 7.59. The molecular weight excluding hydrogens is 378 g/mol. The molecule has 2 N–H and O–H groups in total. The number of aromatic nitrogens is 6. The zero-order valence-electron chi connectivity index (χ0n) is 16.6. The van der Waals surface area contributed by atoms with Gasteiger partial charge in [-0.3, -0.25) is 4.68 Å². The summed E-state index contributed by atoms with van der Waals surface area (Å²) < 4.78 is 3.42. The van der Waals surface area contributed by atoms with Crippen LogP contribution in [-0.2, 0) is 7.05 Å². The molecule has 0 amide bonds. The quantitative estimate of drug-likeness (QED) is 0.560. The standard InChI is InChI=1S/C21H21N9/c1-28-11-16(10-25-28)18-13-30-21(15(7-22)9-26-30)20(27-18)14-4-5-19(24-8-14)29-6-2-3-17(23)12-29/h4-5,8-11,13,17H,2-3,6,12,23H2,1H3/t17-/m1/s1. The SMILES string of the molecule is Cn1cc(-c2cn3ncc(C#N)c3c(-c3ccc(N4CCC[C@@H](N)C4)nc3)n2)cn1. The summed E-state index contributed by atoms with van der Waals surface area (Å²) in [6.07, 6.45) is 11.0. The van der Waals surface area contributed by atoms with Gasteiger partial charge in [0.05, 0.1) is 30.0 Å². The fourth-order valence-corrected chi connectivity index (χ4v) is 3.92. The average Bonchev–Trinajstić information content (AvgIpc) is 3.39. The molecule has 0 radical (unpaired) electrons. The molecule has 0 unspecified atom stereocenters. The highest BCUT2D eigenvalue weighted by atomic mass is 15.2. The maximum absolute atomic E-state index is 9.55. The van der Waals surface area contributed by atoms with E-state index < -0.39 is 0 Å². The molecule has 150 valence electrons. The van der Waals surface area contributed by atoms with E-state index >= 15 is 0 Å². The highest BCUT2D eigenvalue weighted by Gasteiger charge is 2.19. The van der Waals surface area contributed by atoms with Gasteiger partial charge in [-0.2, -0.15) is 15.5 Å². The summed E-state index contributed by atoms with van der Waals surface area (Å²) in [5.74, 6) is 0.905. The number of hydrogen-bond donors (Lipinski definition) is 1. The topological polar surface area (TPSA) is 114 Å².